The molecule has 9 heteroatoms. The molecule has 3 aromatic rings. The van der Waals surface area contributed by atoms with Gasteiger partial charge in [-0.1, -0.05) is 11.3 Å². The number of carbonyl (C=O) groups excluding carboxylic acids is 1. The number of carbonyl (C=O) groups is 1. The molecule has 0 bridgehead atoms. The predicted molar refractivity (Wildman–Crippen MR) is 108 cm³/mol. The molecule has 1 N–H and O–H groups in total. The number of rotatable bonds is 3. The van der Waals surface area contributed by atoms with Crippen LogP contribution >= 0.6 is 0 Å². The number of hydrogen-bond acceptors (Lipinski definition) is 7. The molecule has 2 fully saturated rings. The number of piperidine rings is 1. The van der Waals surface area contributed by atoms with E-state index in [0.717, 1.165) is 42.6 Å². The predicted octanol–water partition coefficient (Wildman–Crippen LogP) is 1.61. The second-order valence-electron chi connectivity index (χ2n) is 7.81. The first-order chi connectivity index (χ1) is 14.2. The molecule has 0 unspecified atom stereocenters. The molecule has 4 heterocycles. The highest BCUT2D eigenvalue weighted by Crippen LogP contribution is 2.24. The summed E-state index contributed by atoms with van der Waals surface area (Å²) < 4.78 is 7.75. The summed E-state index contributed by atoms with van der Waals surface area (Å²) >= 11 is 0. The standard InChI is InChI=1S/C20H25N7O2/c1-14-2-3-18-16(12-14)22-20(29-18)26-10-8-25(9-11-26)19(28)17-13-27(24-23-17)15-4-6-21-7-5-15/h2-3,12-13,15,21H,4-11H2,1H3. The van der Waals surface area contributed by atoms with Crippen LogP contribution in [0.1, 0.15) is 34.9 Å². The fraction of sp³-hybridized carbons (Fsp3) is 0.500. The van der Waals surface area contributed by atoms with Gasteiger partial charge in [-0.25, -0.2) is 4.68 Å². The maximum Gasteiger partial charge on any atom is 0.298 e. The lowest BCUT2D eigenvalue weighted by Gasteiger charge is -2.33. The van der Waals surface area contributed by atoms with Crippen molar-refractivity contribution >= 4 is 23.0 Å². The van der Waals surface area contributed by atoms with Crippen molar-refractivity contribution in [1.29, 1.82) is 0 Å². The molecule has 0 saturated carbocycles. The van der Waals surface area contributed by atoms with Gasteiger partial charge in [0.25, 0.3) is 11.9 Å². The molecule has 152 valence electrons. The molecule has 0 atom stereocenters. The number of hydrogen-bond donors (Lipinski definition) is 1. The summed E-state index contributed by atoms with van der Waals surface area (Å²) in [6, 6.07) is 6.94. The van der Waals surface area contributed by atoms with Gasteiger partial charge in [0.05, 0.1) is 12.2 Å². The number of aromatic nitrogens is 4. The van der Waals surface area contributed by atoms with E-state index in [2.05, 4.69) is 25.5 Å². The molecule has 9 nitrogen and oxygen atoms in total. The van der Waals surface area contributed by atoms with E-state index in [4.69, 9.17) is 4.42 Å². The highest BCUT2D eigenvalue weighted by atomic mass is 16.4. The van der Waals surface area contributed by atoms with Crippen LogP contribution in [-0.4, -0.2) is 70.1 Å². The van der Waals surface area contributed by atoms with Crippen molar-refractivity contribution in [3.63, 3.8) is 0 Å². The summed E-state index contributed by atoms with van der Waals surface area (Å²) in [5.74, 6) is -0.0574. The summed E-state index contributed by atoms with van der Waals surface area (Å²) in [6.07, 6.45) is 3.83. The molecule has 0 spiro atoms. The van der Waals surface area contributed by atoms with E-state index in [1.807, 2.05) is 34.7 Å². The number of anilines is 1. The number of piperazine rings is 1. The minimum Gasteiger partial charge on any atom is -0.423 e. The number of nitrogens with zero attached hydrogens (tertiary/aromatic N) is 6. The Morgan fingerprint density at radius 1 is 1.17 bits per heavy atom. The second-order valence-corrected chi connectivity index (χ2v) is 7.81. The summed E-state index contributed by atoms with van der Waals surface area (Å²) in [4.78, 5) is 21.4. The van der Waals surface area contributed by atoms with Crippen molar-refractivity contribution in [2.45, 2.75) is 25.8 Å². The van der Waals surface area contributed by atoms with Crippen LogP contribution in [0.25, 0.3) is 11.1 Å². The van der Waals surface area contributed by atoms with E-state index < -0.39 is 0 Å². The number of benzene rings is 1. The van der Waals surface area contributed by atoms with Crippen LogP contribution < -0.4 is 10.2 Å². The second kappa shape index (κ2) is 7.47. The monoisotopic (exact) mass is 395 g/mol. The Morgan fingerprint density at radius 3 is 2.76 bits per heavy atom. The first-order valence-corrected chi connectivity index (χ1v) is 10.2. The minimum absolute atomic E-state index is 0.0574. The Labute approximate surface area is 168 Å². The van der Waals surface area contributed by atoms with Gasteiger partial charge in [0.2, 0.25) is 0 Å². The van der Waals surface area contributed by atoms with E-state index in [0.29, 0.717) is 43.9 Å². The number of nitrogens with one attached hydrogen (secondary N) is 1. The number of fused-ring (bicyclic) bond motifs is 1. The van der Waals surface area contributed by atoms with Gasteiger partial charge in [-0.3, -0.25) is 4.79 Å². The molecule has 2 aromatic heterocycles. The zero-order chi connectivity index (χ0) is 19.8. The molecule has 2 saturated heterocycles. The van der Waals surface area contributed by atoms with Crippen molar-refractivity contribution in [3.8, 4) is 0 Å². The molecule has 2 aliphatic rings. The van der Waals surface area contributed by atoms with Crippen molar-refractivity contribution in [3.05, 3.63) is 35.7 Å². The fourth-order valence-electron chi connectivity index (χ4n) is 4.05. The van der Waals surface area contributed by atoms with E-state index in [1.165, 1.54) is 0 Å². The summed E-state index contributed by atoms with van der Waals surface area (Å²) in [5.41, 5.74) is 3.24. The Kier molecular flexibility index (Phi) is 4.67. The topological polar surface area (TPSA) is 92.3 Å². The van der Waals surface area contributed by atoms with Gasteiger partial charge in [0.1, 0.15) is 5.52 Å². The van der Waals surface area contributed by atoms with Gasteiger partial charge in [-0.15, -0.1) is 5.10 Å². The third-order valence-electron chi connectivity index (χ3n) is 5.78. The van der Waals surface area contributed by atoms with Crippen molar-refractivity contribution in [2.24, 2.45) is 0 Å². The number of aryl methyl sites for hydroxylation is 1. The van der Waals surface area contributed by atoms with E-state index in [1.54, 1.807) is 6.20 Å². The summed E-state index contributed by atoms with van der Waals surface area (Å²) in [7, 11) is 0. The van der Waals surface area contributed by atoms with E-state index >= 15 is 0 Å². The first kappa shape index (κ1) is 18.1. The summed E-state index contributed by atoms with van der Waals surface area (Å²) in [5, 5.41) is 11.7. The first-order valence-electron chi connectivity index (χ1n) is 10.2. The molecule has 5 rings (SSSR count). The van der Waals surface area contributed by atoms with Crippen LogP contribution in [0.15, 0.2) is 28.8 Å². The zero-order valence-electron chi connectivity index (χ0n) is 16.5. The Bertz CT molecular complexity index is 1010. The lowest BCUT2D eigenvalue weighted by Crippen LogP contribution is -2.49. The molecule has 1 aromatic carbocycles. The fourth-order valence-corrected chi connectivity index (χ4v) is 4.05. The largest absolute Gasteiger partial charge is 0.423 e. The van der Waals surface area contributed by atoms with Gasteiger partial charge in [-0.2, -0.15) is 4.98 Å². The Balaban J connectivity index is 1.23. The number of oxazole rings is 1. The normalized spacial score (nSPS) is 18.5. The van der Waals surface area contributed by atoms with Crippen LogP contribution in [0.4, 0.5) is 6.01 Å². The van der Waals surface area contributed by atoms with E-state index in [-0.39, 0.29) is 5.91 Å². The van der Waals surface area contributed by atoms with Crippen molar-refractivity contribution < 1.29 is 9.21 Å². The maximum atomic E-state index is 12.9. The lowest BCUT2D eigenvalue weighted by atomic mass is 10.1. The highest BCUT2D eigenvalue weighted by Gasteiger charge is 2.27. The van der Waals surface area contributed by atoms with Gasteiger partial charge in [-0.05, 0) is 50.6 Å². The van der Waals surface area contributed by atoms with E-state index in [9.17, 15) is 4.79 Å². The third-order valence-corrected chi connectivity index (χ3v) is 5.78. The molecular weight excluding hydrogens is 370 g/mol. The molecule has 1 amide bonds. The third kappa shape index (κ3) is 3.57. The van der Waals surface area contributed by atoms with Gasteiger partial charge in [0.15, 0.2) is 11.3 Å². The van der Waals surface area contributed by atoms with Crippen LogP contribution in [0.2, 0.25) is 0 Å². The van der Waals surface area contributed by atoms with Crippen molar-refractivity contribution in [2.75, 3.05) is 44.2 Å². The van der Waals surface area contributed by atoms with Crippen LogP contribution in [0, 0.1) is 6.92 Å². The quantitative estimate of drug-likeness (QED) is 0.720. The SMILES string of the molecule is Cc1ccc2oc(N3CCN(C(=O)c4cn(C5CCNCC5)nn4)CC3)nc2c1. The Hall–Kier alpha value is -2.94. The maximum absolute atomic E-state index is 12.9. The molecule has 2 aliphatic heterocycles. The molecular formula is C20H25N7O2. The van der Waals surface area contributed by atoms with Gasteiger partial charge in [0, 0.05) is 26.2 Å². The highest BCUT2D eigenvalue weighted by molar-refractivity contribution is 5.92. The van der Waals surface area contributed by atoms with Crippen LogP contribution in [0.5, 0.6) is 0 Å². The molecule has 0 aliphatic carbocycles. The van der Waals surface area contributed by atoms with Gasteiger partial charge < -0.3 is 19.5 Å². The smallest absolute Gasteiger partial charge is 0.298 e. The molecule has 29 heavy (non-hydrogen) atoms. The Morgan fingerprint density at radius 2 is 1.97 bits per heavy atom. The number of amides is 1. The van der Waals surface area contributed by atoms with Crippen molar-refractivity contribution in [1.82, 2.24) is 30.2 Å². The van der Waals surface area contributed by atoms with Crippen LogP contribution in [-0.2, 0) is 0 Å². The zero-order valence-corrected chi connectivity index (χ0v) is 16.5. The molecule has 0 radical (unpaired) electrons. The van der Waals surface area contributed by atoms with Gasteiger partial charge >= 0.3 is 0 Å². The lowest BCUT2D eigenvalue weighted by molar-refractivity contribution is 0.0739. The summed E-state index contributed by atoms with van der Waals surface area (Å²) in [6.45, 7) is 6.57. The minimum atomic E-state index is -0.0574. The average Bonchev–Trinajstić information content (AvgIpc) is 3.41. The average molecular weight is 395 g/mol. The van der Waals surface area contributed by atoms with Crippen LogP contribution in [0.3, 0.4) is 0 Å².